The second-order valence-electron chi connectivity index (χ2n) is 24.9. The van der Waals surface area contributed by atoms with E-state index in [4.69, 9.17) is 9.05 Å². The lowest BCUT2D eigenvalue weighted by atomic mass is 10.0. The van der Waals surface area contributed by atoms with Crippen LogP contribution >= 0.6 is 7.82 Å². The van der Waals surface area contributed by atoms with Crippen LogP contribution in [0.2, 0.25) is 0 Å². The molecule has 3 atom stereocenters. The van der Waals surface area contributed by atoms with Gasteiger partial charge in [-0.25, -0.2) is 0 Å². The van der Waals surface area contributed by atoms with Crippen LogP contribution in [0.3, 0.4) is 0 Å². The Balaban J connectivity index is 4.22. The van der Waals surface area contributed by atoms with Crippen molar-refractivity contribution >= 4 is 13.7 Å². The molecule has 0 aromatic carbocycles. The number of unbranched alkanes of at least 4 members (excludes halogenated alkanes) is 29. The molecule has 87 heavy (non-hydrogen) atoms. The third-order valence-electron chi connectivity index (χ3n) is 15.3. The van der Waals surface area contributed by atoms with Gasteiger partial charge in [-0.15, -0.1) is 0 Å². The van der Waals surface area contributed by atoms with Crippen molar-refractivity contribution in [2.24, 2.45) is 0 Å². The molecule has 0 aliphatic heterocycles. The average Bonchev–Trinajstić information content (AvgIpc) is 3.70. The summed E-state index contributed by atoms with van der Waals surface area (Å²) in [6.07, 6.45) is 103. The molecule has 9 heteroatoms. The Morgan fingerprint density at radius 1 is 0.414 bits per heavy atom. The molecular weight excluding hydrogens is 1090 g/mol. The van der Waals surface area contributed by atoms with E-state index < -0.39 is 26.6 Å². The summed E-state index contributed by atoms with van der Waals surface area (Å²) >= 11 is 0. The topological polar surface area (TPSA) is 108 Å². The molecule has 0 radical (unpaired) electrons. The van der Waals surface area contributed by atoms with Gasteiger partial charge in [0, 0.05) is 6.42 Å². The van der Waals surface area contributed by atoms with E-state index in [0.29, 0.717) is 23.9 Å². The Bertz CT molecular complexity index is 1930. The second kappa shape index (κ2) is 66.8. The summed E-state index contributed by atoms with van der Waals surface area (Å²) in [4.78, 5) is 25.6. The van der Waals surface area contributed by atoms with Gasteiger partial charge in [-0.3, -0.25) is 9.36 Å². The number of quaternary nitrogens is 1. The highest BCUT2D eigenvalue weighted by Crippen LogP contribution is 2.38. The first kappa shape index (κ1) is 83.4. The zero-order chi connectivity index (χ0) is 63.4. The number of nitrogens with zero attached hydrogens (tertiary/aromatic N) is 1. The molecule has 0 aliphatic rings. The van der Waals surface area contributed by atoms with Gasteiger partial charge in [-0.1, -0.05) is 327 Å². The molecule has 0 bridgehead atoms. The zero-order valence-electron chi connectivity index (χ0n) is 56.9. The molecule has 3 unspecified atom stereocenters. The van der Waals surface area contributed by atoms with Gasteiger partial charge in [0.1, 0.15) is 13.2 Å². The highest BCUT2D eigenvalue weighted by Gasteiger charge is 2.23. The summed E-state index contributed by atoms with van der Waals surface area (Å²) in [6.45, 7) is 4.52. The number of phosphoric acid groups is 1. The van der Waals surface area contributed by atoms with Crippen LogP contribution in [0.5, 0.6) is 0 Å². The van der Waals surface area contributed by atoms with Crippen molar-refractivity contribution in [2.75, 3.05) is 40.9 Å². The molecule has 498 valence electrons. The second-order valence-corrected chi connectivity index (χ2v) is 26.3. The normalized spacial score (nSPS) is 14.5. The van der Waals surface area contributed by atoms with Crippen molar-refractivity contribution in [2.45, 2.75) is 302 Å². The van der Waals surface area contributed by atoms with Crippen LogP contribution in [0.25, 0.3) is 0 Å². The van der Waals surface area contributed by atoms with Crippen molar-refractivity contribution in [3.05, 3.63) is 146 Å². The van der Waals surface area contributed by atoms with E-state index in [9.17, 15) is 19.4 Å². The molecule has 0 saturated carbocycles. The summed E-state index contributed by atoms with van der Waals surface area (Å²) < 4.78 is 23.4. The molecule has 0 spiro atoms. The molecule has 0 heterocycles. The number of rotatable bonds is 64. The Hall–Kier alpha value is -3.62. The van der Waals surface area contributed by atoms with Gasteiger partial charge in [0.25, 0.3) is 7.82 Å². The minimum absolute atomic E-state index is 0.0152. The van der Waals surface area contributed by atoms with Crippen LogP contribution in [-0.2, 0) is 18.4 Å². The number of aliphatic hydroxyl groups is 1. The van der Waals surface area contributed by atoms with Gasteiger partial charge >= 0.3 is 0 Å². The number of hydrogen-bond acceptors (Lipinski definition) is 6. The first-order valence-corrected chi connectivity index (χ1v) is 37.2. The van der Waals surface area contributed by atoms with E-state index in [1.165, 1.54) is 154 Å². The van der Waals surface area contributed by atoms with E-state index in [1.807, 2.05) is 27.2 Å². The van der Waals surface area contributed by atoms with E-state index in [0.717, 1.165) is 109 Å². The fourth-order valence-electron chi connectivity index (χ4n) is 9.81. The number of aliphatic hydroxyl groups excluding tert-OH is 1. The number of amides is 1. The van der Waals surface area contributed by atoms with Gasteiger partial charge in [0.05, 0.1) is 39.9 Å². The van der Waals surface area contributed by atoms with Crippen LogP contribution in [-0.4, -0.2) is 68.5 Å². The van der Waals surface area contributed by atoms with Crippen molar-refractivity contribution < 1.29 is 32.9 Å². The summed E-state index contributed by atoms with van der Waals surface area (Å²) in [7, 11) is 1.22. The number of carbonyl (C=O) groups is 1. The summed E-state index contributed by atoms with van der Waals surface area (Å²) in [5.41, 5.74) is 0. The van der Waals surface area contributed by atoms with Gasteiger partial charge in [0.2, 0.25) is 5.91 Å². The lowest BCUT2D eigenvalue weighted by Crippen LogP contribution is -2.45. The highest BCUT2D eigenvalue weighted by molar-refractivity contribution is 7.45. The monoisotopic (exact) mass is 1230 g/mol. The van der Waals surface area contributed by atoms with Gasteiger partial charge in [0.15, 0.2) is 0 Å². The van der Waals surface area contributed by atoms with Gasteiger partial charge in [-0.2, -0.15) is 0 Å². The molecule has 2 N–H and O–H groups in total. The summed E-state index contributed by atoms with van der Waals surface area (Å²) in [5, 5.41) is 13.9. The van der Waals surface area contributed by atoms with Crippen LogP contribution in [0.1, 0.15) is 290 Å². The quantitative estimate of drug-likeness (QED) is 0.0272. The van der Waals surface area contributed by atoms with Gasteiger partial charge in [-0.05, 0) is 103 Å². The maximum Gasteiger partial charge on any atom is 0.268 e. The maximum atomic E-state index is 13.0. The predicted octanol–water partition coefficient (Wildman–Crippen LogP) is 22.5. The smallest absolute Gasteiger partial charge is 0.268 e. The number of carbonyl (C=O) groups excluding carboxylic acids is 1. The summed E-state index contributed by atoms with van der Waals surface area (Å²) in [5.74, 6) is -0.232. The fraction of sp³-hybridized carbons (Fsp3) is 0.679. The minimum Gasteiger partial charge on any atom is -0.756 e. The third-order valence-corrected chi connectivity index (χ3v) is 16.3. The third kappa shape index (κ3) is 69.7. The van der Waals surface area contributed by atoms with Crippen molar-refractivity contribution in [3.8, 4) is 0 Å². The Labute approximate surface area is 538 Å². The number of likely N-dealkylation sites (N-methyl/N-ethyl adjacent to an activating group) is 1. The molecule has 0 aromatic rings. The Kier molecular flexibility index (Phi) is 64.0. The van der Waals surface area contributed by atoms with Gasteiger partial charge < -0.3 is 28.8 Å². The van der Waals surface area contributed by atoms with Crippen molar-refractivity contribution in [1.82, 2.24) is 5.32 Å². The lowest BCUT2D eigenvalue weighted by molar-refractivity contribution is -0.870. The molecule has 0 aliphatic carbocycles. The molecule has 1 amide bonds. The average molecular weight is 1230 g/mol. The fourth-order valence-corrected chi connectivity index (χ4v) is 10.5. The Morgan fingerprint density at radius 2 is 0.701 bits per heavy atom. The number of phosphoric ester groups is 1. The number of nitrogens with one attached hydrogen (secondary N) is 1. The van der Waals surface area contributed by atoms with E-state index in [2.05, 4.69) is 153 Å². The molecule has 0 saturated heterocycles. The molecular formula is C78H135N2O6P. The van der Waals surface area contributed by atoms with Crippen LogP contribution < -0.4 is 10.2 Å². The molecule has 0 aromatic heterocycles. The molecule has 8 nitrogen and oxygen atoms in total. The zero-order valence-corrected chi connectivity index (χ0v) is 57.8. The number of hydrogen-bond donors (Lipinski definition) is 2. The largest absolute Gasteiger partial charge is 0.756 e. The lowest BCUT2D eigenvalue weighted by Gasteiger charge is -2.29. The predicted molar refractivity (Wildman–Crippen MR) is 380 cm³/mol. The van der Waals surface area contributed by atoms with Crippen LogP contribution in [0.4, 0.5) is 0 Å². The number of allylic oxidation sites excluding steroid dienone is 23. The van der Waals surface area contributed by atoms with Crippen molar-refractivity contribution in [1.29, 1.82) is 0 Å². The van der Waals surface area contributed by atoms with Crippen molar-refractivity contribution in [3.63, 3.8) is 0 Å². The highest BCUT2D eigenvalue weighted by atomic mass is 31.2. The minimum atomic E-state index is -4.63. The Morgan fingerprint density at radius 3 is 1.02 bits per heavy atom. The standard InChI is InChI=1S/C78H135N2O6P/c1-6-8-10-12-14-16-18-20-22-24-26-28-30-32-34-36-37-38-39-40-41-42-43-44-46-48-50-52-54-56-58-60-62-64-66-68-70-72-78(82)79-76(75-86-87(83,84)85-74-73-80(3,4)5)77(81)71-69-67-65-63-61-59-57-55-53-51-49-47-45-35-33-31-29-27-25-23-21-19-17-15-13-11-9-7-2/h8,10,14,16,20,22,26,28,32,34,37-38,40-41,43-44,48,50,54,56,60,62,69,71,76-77,81H,6-7,9,11-13,15,17-19,21,23-25,27,29-31,33,35-36,39,42,45-47,49,51-53,55,57-59,61,63-68,70,72-75H2,1-5H3,(H-,79,82,83,84)/b10-8-,16-14-,22-20-,28-26-,34-32-,38-37-,41-40-,44-43-,50-48-,56-54-,62-60-,71-69+. The summed E-state index contributed by atoms with van der Waals surface area (Å²) in [6, 6.07) is -0.918. The van der Waals surface area contributed by atoms with E-state index in [-0.39, 0.29) is 12.5 Å². The maximum absolute atomic E-state index is 13.0. The first-order valence-electron chi connectivity index (χ1n) is 35.7. The molecule has 0 fully saturated rings. The van der Waals surface area contributed by atoms with E-state index >= 15 is 0 Å². The first-order chi connectivity index (χ1) is 42.5. The van der Waals surface area contributed by atoms with E-state index in [1.54, 1.807) is 6.08 Å². The molecule has 0 rings (SSSR count). The van der Waals surface area contributed by atoms with Crippen LogP contribution in [0.15, 0.2) is 146 Å². The SMILES string of the molecule is CC/C=C\C/C=C\C/C=C\C/C=C\C/C=C\C/C=C\C/C=C\C/C=C\C/C=C\C/C=C\C/C=C\CCCCCC(=O)NC(COP(=O)([O-])OCC[N+](C)(C)C)C(O)/C=C/CCCCCCCCCCCCCCCCCCCCCCCCCCCC. The van der Waals surface area contributed by atoms with Crippen LogP contribution in [0, 0.1) is 0 Å².